The predicted molar refractivity (Wildman–Crippen MR) is 79.5 cm³/mol. The number of alkyl halides is 3. The Kier molecular flexibility index (Phi) is 5.18. The smallest absolute Gasteiger partial charge is 0.200 e. The van der Waals surface area contributed by atoms with E-state index in [0.717, 1.165) is 5.56 Å². The largest absolute Gasteiger partial charge is 0.276 e. The molecule has 0 saturated carbocycles. The van der Waals surface area contributed by atoms with Gasteiger partial charge in [0.2, 0.25) is 0 Å². The van der Waals surface area contributed by atoms with E-state index >= 15 is 0 Å². The summed E-state index contributed by atoms with van der Waals surface area (Å²) in [6.07, 6.45) is 1.32. The molecule has 0 atom stereocenters. The van der Waals surface area contributed by atoms with Crippen LogP contribution in [0.4, 0.5) is 0 Å². The summed E-state index contributed by atoms with van der Waals surface area (Å²) in [5.74, 6) is 0. The van der Waals surface area contributed by atoms with E-state index in [9.17, 15) is 8.42 Å². The quantitative estimate of drug-likeness (QED) is 0.439. The molecule has 17 heavy (non-hydrogen) atoms. The van der Waals surface area contributed by atoms with Crippen LogP contribution in [0.3, 0.4) is 0 Å². The van der Waals surface area contributed by atoms with Gasteiger partial charge in [0.1, 0.15) is 0 Å². The van der Waals surface area contributed by atoms with Gasteiger partial charge in [0.05, 0.1) is 11.1 Å². The second-order valence-corrected chi connectivity index (χ2v) is 11.8. The summed E-state index contributed by atoms with van der Waals surface area (Å²) < 4.78 is 22.8. The molecule has 1 aromatic rings. The highest BCUT2D eigenvalue weighted by molar-refractivity contribution is 9.40. The van der Waals surface area contributed by atoms with Gasteiger partial charge in [-0.2, -0.15) is 13.5 Å². The zero-order chi connectivity index (χ0) is 13.1. The van der Waals surface area contributed by atoms with Gasteiger partial charge in [0.25, 0.3) is 10.0 Å². The number of nitrogens with zero attached hydrogens (tertiary/aromatic N) is 1. The fourth-order valence-electron chi connectivity index (χ4n) is 0.939. The molecule has 0 saturated heterocycles. The number of hydrogen-bond donors (Lipinski definition) is 1. The van der Waals surface area contributed by atoms with Gasteiger partial charge in [-0.1, -0.05) is 65.5 Å². The highest BCUT2D eigenvalue weighted by Crippen LogP contribution is 2.30. The van der Waals surface area contributed by atoms with Crippen molar-refractivity contribution in [1.82, 2.24) is 4.83 Å². The van der Waals surface area contributed by atoms with Crippen molar-refractivity contribution in [2.24, 2.45) is 5.10 Å². The molecule has 0 spiro atoms. The number of hydrogen-bond acceptors (Lipinski definition) is 3. The monoisotopic (exact) mass is 446 g/mol. The van der Waals surface area contributed by atoms with Gasteiger partial charge in [0, 0.05) is 0 Å². The van der Waals surface area contributed by atoms with Gasteiger partial charge in [-0.3, -0.25) is 0 Å². The Morgan fingerprint density at radius 2 is 1.76 bits per heavy atom. The number of benzene rings is 1. The lowest BCUT2D eigenvalue weighted by Gasteiger charge is -2.06. The summed E-state index contributed by atoms with van der Waals surface area (Å²) in [6, 6.07) is 6.50. The van der Waals surface area contributed by atoms with E-state index in [1.807, 2.05) is 6.92 Å². The fourth-order valence-corrected chi connectivity index (χ4v) is 2.04. The van der Waals surface area contributed by atoms with Crippen LogP contribution in [-0.2, 0) is 10.0 Å². The van der Waals surface area contributed by atoms with Gasteiger partial charge in [-0.05, 0) is 19.1 Å². The molecule has 0 fully saturated rings. The van der Waals surface area contributed by atoms with Crippen molar-refractivity contribution in [2.75, 3.05) is 0 Å². The molecule has 1 rings (SSSR count). The van der Waals surface area contributed by atoms with E-state index in [0.29, 0.717) is 0 Å². The van der Waals surface area contributed by atoms with Crippen LogP contribution in [0, 0.1) is 6.92 Å². The summed E-state index contributed by atoms with van der Waals surface area (Å²) in [6.45, 7) is 1.89. The van der Waals surface area contributed by atoms with Gasteiger partial charge in [0.15, 0.2) is 2.14 Å². The fraction of sp³-hybridized carbons (Fsp3) is 0.222. The number of halogens is 3. The lowest BCUT2D eigenvalue weighted by molar-refractivity contribution is 0.584. The number of nitrogens with one attached hydrogen (secondary N) is 1. The minimum atomic E-state index is -3.61. The molecule has 0 radical (unpaired) electrons. The first kappa shape index (κ1) is 15.1. The molecule has 1 aromatic carbocycles. The van der Waals surface area contributed by atoms with Crippen LogP contribution in [-0.4, -0.2) is 16.8 Å². The SMILES string of the molecule is Cc1ccc(S(=O)(=O)NN=CC(Br)(Br)Br)cc1. The summed E-state index contributed by atoms with van der Waals surface area (Å²) in [7, 11) is -3.61. The molecular weight excluding hydrogens is 440 g/mol. The second kappa shape index (κ2) is 5.81. The van der Waals surface area contributed by atoms with E-state index < -0.39 is 12.2 Å². The van der Waals surface area contributed by atoms with Crippen molar-refractivity contribution in [3.8, 4) is 0 Å². The first-order valence-corrected chi connectivity index (χ1v) is 8.26. The molecule has 0 bridgehead atoms. The van der Waals surface area contributed by atoms with Crippen LogP contribution in [0.2, 0.25) is 0 Å². The first-order valence-electron chi connectivity index (χ1n) is 4.40. The summed E-state index contributed by atoms with van der Waals surface area (Å²) in [5, 5.41) is 3.61. The number of sulfonamides is 1. The predicted octanol–water partition coefficient (Wildman–Crippen LogP) is 3.10. The van der Waals surface area contributed by atoms with Crippen molar-refractivity contribution in [3.63, 3.8) is 0 Å². The van der Waals surface area contributed by atoms with Crippen LogP contribution < -0.4 is 4.83 Å². The van der Waals surface area contributed by atoms with Gasteiger partial charge < -0.3 is 0 Å². The van der Waals surface area contributed by atoms with Crippen molar-refractivity contribution in [3.05, 3.63) is 29.8 Å². The molecule has 0 aliphatic heterocycles. The van der Waals surface area contributed by atoms with Crippen molar-refractivity contribution in [2.45, 2.75) is 14.0 Å². The Labute approximate surface area is 125 Å². The second-order valence-electron chi connectivity index (χ2n) is 3.21. The Morgan fingerprint density at radius 3 is 2.24 bits per heavy atom. The molecule has 0 amide bonds. The standard InChI is InChI=1S/C9H9Br3N2O2S/c1-7-2-4-8(5-3-7)17(15,16)14-13-6-9(10,11)12/h2-6,14H,1H3. The first-order chi connectivity index (χ1) is 7.71. The minimum absolute atomic E-state index is 0.171. The molecule has 0 aliphatic rings. The topological polar surface area (TPSA) is 58.5 Å². The maximum absolute atomic E-state index is 11.8. The summed E-state index contributed by atoms with van der Waals surface area (Å²) in [5.41, 5.74) is 0.993. The van der Waals surface area contributed by atoms with Crippen molar-refractivity contribution >= 4 is 64.0 Å². The number of hydrazone groups is 1. The van der Waals surface area contributed by atoms with Gasteiger partial charge >= 0.3 is 0 Å². The van der Waals surface area contributed by atoms with Crippen molar-refractivity contribution < 1.29 is 8.42 Å². The van der Waals surface area contributed by atoms with E-state index in [1.54, 1.807) is 12.1 Å². The molecular formula is C9H9Br3N2O2S. The highest BCUT2D eigenvalue weighted by Gasteiger charge is 2.15. The van der Waals surface area contributed by atoms with Crippen molar-refractivity contribution in [1.29, 1.82) is 0 Å². The zero-order valence-corrected chi connectivity index (χ0v) is 14.3. The molecule has 0 aromatic heterocycles. The van der Waals surface area contributed by atoms with Crippen LogP contribution in [0.1, 0.15) is 5.56 Å². The Hall–Kier alpha value is 0.0800. The van der Waals surface area contributed by atoms with E-state index in [1.165, 1.54) is 18.3 Å². The Bertz CT molecular complexity index is 506. The van der Waals surface area contributed by atoms with Crippen LogP contribution in [0.25, 0.3) is 0 Å². The molecule has 0 heterocycles. The normalized spacial score (nSPS) is 12.9. The zero-order valence-electron chi connectivity index (χ0n) is 8.69. The molecule has 1 N–H and O–H groups in total. The van der Waals surface area contributed by atoms with E-state index in [2.05, 4.69) is 57.7 Å². The third-order valence-corrected chi connectivity index (χ3v) is 3.57. The third-order valence-electron chi connectivity index (χ3n) is 1.72. The number of aryl methyl sites for hydroxylation is 1. The lowest BCUT2D eigenvalue weighted by atomic mass is 10.2. The molecule has 0 aliphatic carbocycles. The molecule has 8 heteroatoms. The lowest BCUT2D eigenvalue weighted by Crippen LogP contribution is -2.19. The Morgan fingerprint density at radius 1 is 1.24 bits per heavy atom. The maximum atomic E-state index is 11.8. The van der Waals surface area contributed by atoms with Crippen LogP contribution in [0.5, 0.6) is 0 Å². The minimum Gasteiger partial charge on any atom is -0.200 e. The van der Waals surface area contributed by atoms with E-state index in [4.69, 9.17) is 0 Å². The summed E-state index contributed by atoms with van der Waals surface area (Å²) >= 11 is 9.48. The number of rotatable bonds is 3. The maximum Gasteiger partial charge on any atom is 0.276 e. The van der Waals surface area contributed by atoms with Crippen LogP contribution >= 0.6 is 47.8 Å². The highest BCUT2D eigenvalue weighted by atomic mass is 80.0. The van der Waals surface area contributed by atoms with Gasteiger partial charge in [-0.15, -0.1) is 0 Å². The Balaban J connectivity index is 2.83. The molecule has 0 unspecified atom stereocenters. The third kappa shape index (κ3) is 5.50. The molecule has 94 valence electrons. The van der Waals surface area contributed by atoms with Crippen LogP contribution in [0.15, 0.2) is 34.3 Å². The van der Waals surface area contributed by atoms with Gasteiger partial charge in [-0.25, -0.2) is 4.83 Å². The average molecular weight is 449 g/mol. The summed E-state index contributed by atoms with van der Waals surface area (Å²) in [4.78, 5) is 2.27. The average Bonchev–Trinajstić information content (AvgIpc) is 2.15. The molecule has 4 nitrogen and oxygen atoms in total. The van der Waals surface area contributed by atoms with E-state index in [-0.39, 0.29) is 4.90 Å².